The van der Waals surface area contributed by atoms with Crippen molar-refractivity contribution in [2.75, 3.05) is 6.61 Å². The van der Waals surface area contributed by atoms with Crippen LogP contribution in [0.5, 0.6) is 11.6 Å². The van der Waals surface area contributed by atoms with Gasteiger partial charge in [-0.1, -0.05) is 0 Å². The molecule has 1 heterocycles. The van der Waals surface area contributed by atoms with Crippen molar-refractivity contribution in [3.63, 3.8) is 0 Å². The number of aromatic nitrogens is 2. The lowest BCUT2D eigenvalue weighted by Crippen LogP contribution is -2.06. The molecular formula is C14H14F2N2O4. The summed E-state index contributed by atoms with van der Waals surface area (Å²) in [6, 6.07) is 5.65. The van der Waals surface area contributed by atoms with Gasteiger partial charge in [-0.2, -0.15) is 13.9 Å². The summed E-state index contributed by atoms with van der Waals surface area (Å²) in [5.41, 5.74) is 0.735. The highest BCUT2D eigenvalue weighted by molar-refractivity contribution is 5.91. The first-order valence-electron chi connectivity index (χ1n) is 6.45. The zero-order valence-electron chi connectivity index (χ0n) is 11.9. The molecule has 1 aromatic carbocycles. The van der Waals surface area contributed by atoms with E-state index in [9.17, 15) is 18.7 Å². The van der Waals surface area contributed by atoms with Crippen LogP contribution in [-0.4, -0.2) is 34.1 Å². The Kier molecular flexibility index (Phi) is 4.59. The van der Waals surface area contributed by atoms with Gasteiger partial charge in [0, 0.05) is 0 Å². The molecule has 0 unspecified atom stereocenters. The molecule has 0 aliphatic carbocycles. The fourth-order valence-corrected chi connectivity index (χ4v) is 1.97. The van der Waals surface area contributed by atoms with Crippen LogP contribution in [0, 0.1) is 6.92 Å². The highest BCUT2D eigenvalue weighted by Gasteiger charge is 2.23. The van der Waals surface area contributed by atoms with Crippen molar-refractivity contribution in [2.45, 2.75) is 20.5 Å². The van der Waals surface area contributed by atoms with Crippen molar-refractivity contribution < 1.29 is 28.2 Å². The van der Waals surface area contributed by atoms with Crippen LogP contribution in [0.15, 0.2) is 24.3 Å². The van der Waals surface area contributed by atoms with Crippen molar-refractivity contribution in [2.24, 2.45) is 0 Å². The van der Waals surface area contributed by atoms with E-state index >= 15 is 0 Å². The average Bonchev–Trinajstić information content (AvgIpc) is 2.76. The summed E-state index contributed by atoms with van der Waals surface area (Å²) in [7, 11) is 0. The van der Waals surface area contributed by atoms with Gasteiger partial charge in [-0.15, -0.1) is 0 Å². The van der Waals surface area contributed by atoms with Crippen LogP contribution in [-0.2, 0) is 0 Å². The van der Waals surface area contributed by atoms with Crippen molar-refractivity contribution >= 4 is 5.97 Å². The van der Waals surface area contributed by atoms with Gasteiger partial charge >= 0.3 is 12.6 Å². The third-order valence-electron chi connectivity index (χ3n) is 2.82. The van der Waals surface area contributed by atoms with E-state index in [-0.39, 0.29) is 23.8 Å². The van der Waals surface area contributed by atoms with Crippen molar-refractivity contribution in [1.29, 1.82) is 0 Å². The van der Waals surface area contributed by atoms with Gasteiger partial charge in [0.1, 0.15) is 11.3 Å². The first-order valence-corrected chi connectivity index (χ1v) is 6.45. The monoisotopic (exact) mass is 312 g/mol. The minimum Gasteiger partial charge on any atom is -0.477 e. The third-order valence-corrected chi connectivity index (χ3v) is 2.82. The van der Waals surface area contributed by atoms with Gasteiger partial charge in [0.2, 0.25) is 5.88 Å². The van der Waals surface area contributed by atoms with Gasteiger partial charge in [0.15, 0.2) is 0 Å². The number of nitrogens with zero attached hydrogens (tertiary/aromatic N) is 2. The number of carboxylic acids is 1. The number of alkyl halides is 2. The topological polar surface area (TPSA) is 73.6 Å². The molecule has 1 N–H and O–H groups in total. The van der Waals surface area contributed by atoms with Gasteiger partial charge < -0.3 is 14.6 Å². The minimum absolute atomic E-state index is 0.000883. The first-order chi connectivity index (χ1) is 10.4. The predicted molar refractivity (Wildman–Crippen MR) is 73.1 cm³/mol. The Bertz CT molecular complexity index is 668. The fourth-order valence-electron chi connectivity index (χ4n) is 1.97. The molecule has 0 bridgehead atoms. The molecule has 0 fully saturated rings. The van der Waals surface area contributed by atoms with Crippen LogP contribution in [0.4, 0.5) is 8.78 Å². The minimum atomic E-state index is -2.91. The van der Waals surface area contributed by atoms with E-state index in [4.69, 9.17) is 4.74 Å². The van der Waals surface area contributed by atoms with Gasteiger partial charge in [0.25, 0.3) is 0 Å². The van der Waals surface area contributed by atoms with Crippen LogP contribution in [0.2, 0.25) is 0 Å². The standard InChI is InChI=1S/C14H14F2N2O4/c1-3-21-12-11(13(19)20)8(2)17-18(12)9-4-6-10(7-5-9)22-14(15)16/h4-7,14H,3H2,1-2H3,(H,19,20). The van der Waals surface area contributed by atoms with Gasteiger partial charge in [-0.05, 0) is 38.1 Å². The van der Waals surface area contributed by atoms with Gasteiger partial charge in [-0.3, -0.25) is 0 Å². The molecule has 0 radical (unpaired) electrons. The molecule has 0 saturated carbocycles. The van der Waals surface area contributed by atoms with Crippen LogP contribution in [0.1, 0.15) is 23.0 Å². The van der Waals surface area contributed by atoms with E-state index in [1.54, 1.807) is 13.8 Å². The van der Waals surface area contributed by atoms with E-state index < -0.39 is 12.6 Å². The molecule has 0 spiro atoms. The maximum Gasteiger partial charge on any atom is 0.387 e. The molecule has 0 aliphatic heterocycles. The number of carboxylic acid groups (broad SMARTS) is 1. The molecule has 8 heteroatoms. The number of hydrogen-bond acceptors (Lipinski definition) is 4. The van der Waals surface area contributed by atoms with E-state index in [0.29, 0.717) is 11.4 Å². The van der Waals surface area contributed by atoms with E-state index in [1.165, 1.54) is 28.9 Å². The summed E-state index contributed by atoms with van der Waals surface area (Å²) in [5, 5.41) is 13.4. The second-order valence-corrected chi connectivity index (χ2v) is 4.29. The summed E-state index contributed by atoms with van der Waals surface area (Å²) in [5.74, 6) is -1.06. The third kappa shape index (κ3) is 3.16. The Morgan fingerprint density at radius 1 is 1.36 bits per heavy atom. The Morgan fingerprint density at radius 2 is 2.00 bits per heavy atom. The Hall–Kier alpha value is -2.64. The number of hydrogen-bond donors (Lipinski definition) is 1. The Balaban J connectivity index is 2.43. The fraction of sp³-hybridized carbons (Fsp3) is 0.286. The number of ether oxygens (including phenoxy) is 2. The van der Waals surface area contributed by atoms with Crippen molar-refractivity contribution in [3.05, 3.63) is 35.5 Å². The largest absolute Gasteiger partial charge is 0.477 e. The average molecular weight is 312 g/mol. The van der Waals surface area contributed by atoms with Crippen LogP contribution < -0.4 is 9.47 Å². The second-order valence-electron chi connectivity index (χ2n) is 4.29. The lowest BCUT2D eigenvalue weighted by molar-refractivity contribution is -0.0498. The summed E-state index contributed by atoms with van der Waals surface area (Å²) >= 11 is 0. The highest BCUT2D eigenvalue weighted by Crippen LogP contribution is 2.27. The molecule has 22 heavy (non-hydrogen) atoms. The lowest BCUT2D eigenvalue weighted by Gasteiger charge is -2.09. The Labute approximate surface area is 124 Å². The second kappa shape index (κ2) is 6.42. The zero-order valence-corrected chi connectivity index (χ0v) is 11.9. The van der Waals surface area contributed by atoms with Gasteiger partial charge in [-0.25, -0.2) is 9.48 Å². The van der Waals surface area contributed by atoms with Crippen LogP contribution >= 0.6 is 0 Å². The summed E-state index contributed by atoms with van der Waals surface area (Å²) in [4.78, 5) is 11.3. The number of halogens is 2. The number of aromatic carboxylic acids is 1. The van der Waals surface area contributed by atoms with E-state index in [2.05, 4.69) is 9.84 Å². The molecule has 0 amide bonds. The lowest BCUT2D eigenvalue weighted by atomic mass is 10.2. The van der Waals surface area contributed by atoms with Crippen LogP contribution in [0.25, 0.3) is 5.69 Å². The Morgan fingerprint density at radius 3 is 2.50 bits per heavy atom. The molecular weight excluding hydrogens is 298 g/mol. The first kappa shape index (κ1) is 15.7. The van der Waals surface area contributed by atoms with E-state index in [1.807, 2.05) is 0 Å². The number of aryl methyl sites for hydroxylation is 1. The molecule has 0 atom stereocenters. The zero-order chi connectivity index (χ0) is 16.3. The number of carbonyl (C=O) groups is 1. The maximum absolute atomic E-state index is 12.1. The van der Waals surface area contributed by atoms with Crippen molar-refractivity contribution in [1.82, 2.24) is 9.78 Å². The van der Waals surface area contributed by atoms with Crippen molar-refractivity contribution in [3.8, 4) is 17.3 Å². The molecule has 1 aromatic heterocycles. The molecule has 0 saturated heterocycles. The number of benzene rings is 1. The highest BCUT2D eigenvalue weighted by atomic mass is 19.3. The smallest absolute Gasteiger partial charge is 0.387 e. The molecule has 2 aromatic rings. The quantitative estimate of drug-likeness (QED) is 0.888. The predicted octanol–water partition coefficient (Wildman–Crippen LogP) is 2.88. The summed E-state index contributed by atoms with van der Waals surface area (Å²) in [6.45, 7) is 0.627. The van der Waals surface area contributed by atoms with Crippen LogP contribution in [0.3, 0.4) is 0 Å². The SMILES string of the molecule is CCOc1c(C(=O)O)c(C)nn1-c1ccc(OC(F)F)cc1. The number of rotatable bonds is 6. The normalized spacial score (nSPS) is 10.8. The van der Waals surface area contributed by atoms with Gasteiger partial charge in [0.05, 0.1) is 18.0 Å². The molecule has 118 valence electrons. The maximum atomic E-state index is 12.1. The summed E-state index contributed by atoms with van der Waals surface area (Å²) < 4.78 is 35.2. The summed E-state index contributed by atoms with van der Waals surface area (Å²) in [6.07, 6.45) is 0. The molecule has 6 nitrogen and oxygen atoms in total. The molecule has 0 aliphatic rings. The van der Waals surface area contributed by atoms with E-state index in [0.717, 1.165) is 0 Å². The molecule has 2 rings (SSSR count).